The fourth-order valence-corrected chi connectivity index (χ4v) is 1.45. The number of nitrogens with zero attached hydrogens (tertiary/aromatic N) is 4. The quantitative estimate of drug-likeness (QED) is 0.781. The molecular weight excluding hydrogens is 244 g/mol. The Bertz CT molecular complexity index is 464. The van der Waals surface area contributed by atoms with Crippen molar-refractivity contribution in [2.45, 2.75) is 13.8 Å². The lowest BCUT2D eigenvalue weighted by Crippen LogP contribution is -2.04. The van der Waals surface area contributed by atoms with Crippen LogP contribution in [0.3, 0.4) is 0 Å². The van der Waals surface area contributed by atoms with Crippen LogP contribution in [0.4, 0.5) is 0 Å². The van der Waals surface area contributed by atoms with E-state index in [2.05, 4.69) is 31.0 Å². The molecule has 2 aromatic rings. The van der Waals surface area contributed by atoms with Crippen molar-refractivity contribution >= 4 is 15.9 Å². The summed E-state index contributed by atoms with van der Waals surface area (Å²) in [5.41, 5.74) is 1.75. The number of hydrogen-bond acceptors (Lipinski definition) is 3. The minimum atomic E-state index is 0.774. The van der Waals surface area contributed by atoms with Crippen molar-refractivity contribution in [1.82, 2.24) is 19.7 Å². The molecule has 0 aliphatic carbocycles. The zero-order chi connectivity index (χ0) is 10.1. The van der Waals surface area contributed by atoms with Crippen molar-refractivity contribution in [3.05, 3.63) is 34.5 Å². The molecule has 0 saturated heterocycles. The van der Waals surface area contributed by atoms with Crippen LogP contribution in [0, 0.1) is 13.8 Å². The van der Waals surface area contributed by atoms with Gasteiger partial charge in [0, 0.05) is 12.4 Å². The largest absolute Gasteiger partial charge is 0.256 e. The predicted octanol–water partition coefficient (Wildman–Crippen LogP) is 2.04. The van der Waals surface area contributed by atoms with Gasteiger partial charge in [-0.05, 0) is 35.8 Å². The summed E-state index contributed by atoms with van der Waals surface area (Å²) in [4.78, 5) is 8.60. The zero-order valence-electron chi connectivity index (χ0n) is 7.90. The maximum absolute atomic E-state index is 4.37. The molecule has 4 nitrogen and oxygen atoms in total. The standard InChI is InChI=1S/C9H9BrN4/c1-6-5-11-7(2)9(12-6)14-4-3-8(10)13-14/h3-5H,1-2H3. The van der Waals surface area contributed by atoms with E-state index in [4.69, 9.17) is 0 Å². The molecule has 72 valence electrons. The van der Waals surface area contributed by atoms with Crippen LogP contribution in [-0.4, -0.2) is 19.7 Å². The van der Waals surface area contributed by atoms with E-state index >= 15 is 0 Å². The van der Waals surface area contributed by atoms with E-state index in [9.17, 15) is 0 Å². The molecule has 2 heterocycles. The SMILES string of the molecule is Cc1cnc(C)c(-n2ccc(Br)n2)n1. The zero-order valence-corrected chi connectivity index (χ0v) is 9.48. The molecule has 0 aliphatic rings. The topological polar surface area (TPSA) is 43.6 Å². The van der Waals surface area contributed by atoms with Crippen LogP contribution in [0.25, 0.3) is 5.82 Å². The van der Waals surface area contributed by atoms with E-state index in [0.29, 0.717) is 0 Å². The summed E-state index contributed by atoms with van der Waals surface area (Å²) in [7, 11) is 0. The molecule has 0 spiro atoms. The third-order valence-electron chi connectivity index (χ3n) is 1.82. The highest BCUT2D eigenvalue weighted by Crippen LogP contribution is 2.11. The van der Waals surface area contributed by atoms with Gasteiger partial charge in [-0.15, -0.1) is 0 Å². The summed E-state index contributed by atoms with van der Waals surface area (Å²) >= 11 is 3.29. The minimum absolute atomic E-state index is 0.774. The maximum atomic E-state index is 4.37. The highest BCUT2D eigenvalue weighted by molar-refractivity contribution is 9.10. The Kier molecular flexibility index (Phi) is 2.33. The number of rotatable bonds is 1. The van der Waals surface area contributed by atoms with Crippen LogP contribution in [-0.2, 0) is 0 Å². The molecule has 0 radical (unpaired) electrons. The molecule has 0 bridgehead atoms. The Hall–Kier alpha value is -1.23. The van der Waals surface area contributed by atoms with Gasteiger partial charge in [-0.25, -0.2) is 9.67 Å². The van der Waals surface area contributed by atoms with Crippen molar-refractivity contribution < 1.29 is 0 Å². The van der Waals surface area contributed by atoms with Crippen LogP contribution >= 0.6 is 15.9 Å². The molecule has 0 fully saturated rings. The van der Waals surface area contributed by atoms with Gasteiger partial charge in [0.2, 0.25) is 0 Å². The third-order valence-corrected chi connectivity index (χ3v) is 2.25. The Morgan fingerprint density at radius 3 is 2.79 bits per heavy atom. The molecule has 2 rings (SSSR count). The van der Waals surface area contributed by atoms with Crippen LogP contribution in [0.2, 0.25) is 0 Å². The van der Waals surface area contributed by atoms with E-state index in [0.717, 1.165) is 21.8 Å². The first kappa shape index (κ1) is 9.33. The van der Waals surface area contributed by atoms with Gasteiger partial charge in [-0.3, -0.25) is 4.98 Å². The van der Waals surface area contributed by atoms with E-state index in [-0.39, 0.29) is 0 Å². The molecule has 2 aromatic heterocycles. The summed E-state index contributed by atoms with van der Waals surface area (Å²) in [5, 5.41) is 4.21. The molecule has 14 heavy (non-hydrogen) atoms. The second kappa shape index (κ2) is 3.49. The van der Waals surface area contributed by atoms with E-state index in [1.54, 1.807) is 10.9 Å². The molecule has 0 unspecified atom stereocenters. The Morgan fingerprint density at radius 2 is 2.14 bits per heavy atom. The molecule has 0 saturated carbocycles. The van der Waals surface area contributed by atoms with Gasteiger partial charge in [0.1, 0.15) is 4.60 Å². The van der Waals surface area contributed by atoms with Gasteiger partial charge in [-0.2, -0.15) is 5.10 Å². The summed E-state index contributed by atoms with van der Waals surface area (Å²) in [5.74, 6) is 0.774. The van der Waals surface area contributed by atoms with Crippen LogP contribution in [0.15, 0.2) is 23.1 Å². The third kappa shape index (κ3) is 1.68. The summed E-state index contributed by atoms with van der Waals surface area (Å²) in [6.07, 6.45) is 3.60. The lowest BCUT2D eigenvalue weighted by Gasteiger charge is -2.03. The molecule has 0 atom stereocenters. The molecule has 0 aliphatic heterocycles. The van der Waals surface area contributed by atoms with Gasteiger partial charge in [0.25, 0.3) is 0 Å². The van der Waals surface area contributed by atoms with Gasteiger partial charge in [0.05, 0.1) is 11.4 Å². The lowest BCUT2D eigenvalue weighted by molar-refractivity contribution is 0.809. The molecule has 0 aromatic carbocycles. The van der Waals surface area contributed by atoms with Crippen molar-refractivity contribution in [1.29, 1.82) is 0 Å². The molecule has 0 amide bonds. The smallest absolute Gasteiger partial charge is 0.175 e. The van der Waals surface area contributed by atoms with Crippen LogP contribution in [0.5, 0.6) is 0 Å². The molecule has 0 N–H and O–H groups in total. The first-order valence-electron chi connectivity index (χ1n) is 4.18. The van der Waals surface area contributed by atoms with Crippen LogP contribution < -0.4 is 0 Å². The second-order valence-electron chi connectivity index (χ2n) is 3.00. The Labute approximate surface area is 90.1 Å². The van der Waals surface area contributed by atoms with Crippen molar-refractivity contribution in [2.24, 2.45) is 0 Å². The summed E-state index contributed by atoms with van der Waals surface area (Å²) < 4.78 is 2.50. The number of halogens is 1. The fraction of sp³-hybridized carbons (Fsp3) is 0.222. The average molecular weight is 253 g/mol. The second-order valence-corrected chi connectivity index (χ2v) is 3.82. The van der Waals surface area contributed by atoms with E-state index in [1.165, 1.54) is 0 Å². The molecule has 5 heteroatoms. The van der Waals surface area contributed by atoms with Crippen LogP contribution in [0.1, 0.15) is 11.4 Å². The summed E-state index contributed by atoms with van der Waals surface area (Å²) in [6.45, 7) is 3.83. The van der Waals surface area contributed by atoms with E-state index < -0.39 is 0 Å². The maximum Gasteiger partial charge on any atom is 0.175 e. The van der Waals surface area contributed by atoms with Gasteiger partial charge < -0.3 is 0 Å². The van der Waals surface area contributed by atoms with E-state index in [1.807, 2.05) is 26.1 Å². The monoisotopic (exact) mass is 252 g/mol. The minimum Gasteiger partial charge on any atom is -0.256 e. The van der Waals surface area contributed by atoms with Gasteiger partial charge >= 0.3 is 0 Å². The number of aromatic nitrogens is 4. The van der Waals surface area contributed by atoms with Gasteiger partial charge in [-0.1, -0.05) is 0 Å². The Balaban J connectivity index is 2.55. The number of aryl methyl sites for hydroxylation is 2. The lowest BCUT2D eigenvalue weighted by atomic mass is 10.4. The number of hydrogen-bond donors (Lipinski definition) is 0. The molecular formula is C9H9BrN4. The van der Waals surface area contributed by atoms with Crippen molar-refractivity contribution in [3.8, 4) is 5.82 Å². The average Bonchev–Trinajstić information content (AvgIpc) is 2.56. The fourth-order valence-electron chi connectivity index (χ4n) is 1.16. The van der Waals surface area contributed by atoms with Gasteiger partial charge in [0.15, 0.2) is 5.82 Å². The predicted molar refractivity (Wildman–Crippen MR) is 56.3 cm³/mol. The van der Waals surface area contributed by atoms with Crippen molar-refractivity contribution in [2.75, 3.05) is 0 Å². The normalized spacial score (nSPS) is 10.5. The highest BCUT2D eigenvalue weighted by Gasteiger charge is 2.05. The summed E-state index contributed by atoms with van der Waals surface area (Å²) in [6, 6.07) is 1.86. The first-order chi connectivity index (χ1) is 6.66. The van der Waals surface area contributed by atoms with Crippen molar-refractivity contribution in [3.63, 3.8) is 0 Å². The Morgan fingerprint density at radius 1 is 1.36 bits per heavy atom. The first-order valence-corrected chi connectivity index (χ1v) is 4.98. The highest BCUT2D eigenvalue weighted by atomic mass is 79.9.